The topological polar surface area (TPSA) is 92.5 Å². The summed E-state index contributed by atoms with van der Waals surface area (Å²) in [6.45, 7) is 0.981. The molecule has 1 saturated heterocycles. The number of sulfonamides is 1. The van der Waals surface area contributed by atoms with E-state index in [1.807, 2.05) is 0 Å². The molecule has 7 heteroatoms. The van der Waals surface area contributed by atoms with Crippen LogP contribution in [0.2, 0.25) is 0 Å². The third-order valence-corrected chi connectivity index (χ3v) is 4.37. The molecule has 0 radical (unpaired) electrons. The van der Waals surface area contributed by atoms with E-state index in [1.165, 1.54) is 0 Å². The lowest BCUT2D eigenvalue weighted by molar-refractivity contribution is -0.137. The first-order valence-electron chi connectivity index (χ1n) is 6.36. The average Bonchev–Trinajstić information content (AvgIpc) is 3.04. The zero-order chi connectivity index (χ0) is 13.4. The first-order valence-corrected chi connectivity index (χ1v) is 8.26. The molecule has 2 fully saturated rings. The summed E-state index contributed by atoms with van der Waals surface area (Å²) < 4.78 is 24.7. The first kappa shape index (κ1) is 13.8. The van der Waals surface area contributed by atoms with Crippen LogP contribution in [-0.2, 0) is 14.8 Å². The smallest absolute Gasteiger partial charge is 0.242 e. The van der Waals surface area contributed by atoms with E-state index in [4.69, 9.17) is 5.73 Å². The van der Waals surface area contributed by atoms with Gasteiger partial charge in [-0.3, -0.25) is 4.79 Å². The number of carbonyl (C=O) groups excluding carboxylic acids is 1. The Morgan fingerprint density at radius 2 is 2.11 bits per heavy atom. The zero-order valence-electron chi connectivity index (χ0n) is 10.7. The van der Waals surface area contributed by atoms with E-state index in [2.05, 4.69) is 4.72 Å². The number of likely N-dealkylation sites (tertiary alicyclic amines) is 1. The van der Waals surface area contributed by atoms with Crippen molar-refractivity contribution in [3.8, 4) is 0 Å². The van der Waals surface area contributed by atoms with Crippen LogP contribution in [0.4, 0.5) is 0 Å². The lowest BCUT2D eigenvalue weighted by atomic mass is 10.0. The van der Waals surface area contributed by atoms with Crippen molar-refractivity contribution in [1.29, 1.82) is 0 Å². The van der Waals surface area contributed by atoms with Crippen LogP contribution in [0.1, 0.15) is 32.1 Å². The minimum Gasteiger partial charge on any atom is -0.337 e. The molecule has 0 bridgehead atoms. The predicted octanol–water partition coefficient (Wildman–Crippen LogP) is -0.592. The molecule has 0 spiro atoms. The predicted molar refractivity (Wildman–Crippen MR) is 68.4 cm³/mol. The van der Waals surface area contributed by atoms with Crippen LogP contribution in [0.5, 0.6) is 0 Å². The van der Waals surface area contributed by atoms with Crippen molar-refractivity contribution in [1.82, 2.24) is 9.62 Å². The summed E-state index contributed by atoms with van der Waals surface area (Å²) >= 11 is 0. The zero-order valence-corrected chi connectivity index (χ0v) is 11.5. The number of piperidine rings is 1. The van der Waals surface area contributed by atoms with Gasteiger partial charge in [0, 0.05) is 19.1 Å². The van der Waals surface area contributed by atoms with Gasteiger partial charge in [-0.1, -0.05) is 0 Å². The molecule has 1 unspecified atom stereocenters. The van der Waals surface area contributed by atoms with E-state index in [0.717, 1.165) is 38.4 Å². The number of nitrogens with two attached hydrogens (primary N) is 1. The fourth-order valence-electron chi connectivity index (χ4n) is 2.36. The van der Waals surface area contributed by atoms with Crippen LogP contribution in [0, 0.1) is 0 Å². The van der Waals surface area contributed by atoms with Crippen LogP contribution in [0.15, 0.2) is 0 Å². The highest BCUT2D eigenvalue weighted by Gasteiger charge is 2.49. The lowest BCUT2D eigenvalue weighted by Crippen LogP contribution is -2.55. The standard InChI is InChI=1S/C11H21N3O3S/c1-18(16,17)13-8-9-4-2-3-7-14(9)10(15)11(12)5-6-11/h9,13H,2-8,12H2,1H3. The summed E-state index contributed by atoms with van der Waals surface area (Å²) in [6.07, 6.45) is 5.45. The molecular weight excluding hydrogens is 254 g/mol. The van der Waals surface area contributed by atoms with Crippen molar-refractivity contribution in [2.45, 2.75) is 43.7 Å². The second-order valence-corrected chi connectivity index (χ2v) is 7.26. The van der Waals surface area contributed by atoms with E-state index in [9.17, 15) is 13.2 Å². The van der Waals surface area contributed by atoms with Crippen molar-refractivity contribution in [3.63, 3.8) is 0 Å². The number of nitrogens with zero attached hydrogens (tertiary/aromatic N) is 1. The van der Waals surface area contributed by atoms with Crippen molar-refractivity contribution in [3.05, 3.63) is 0 Å². The molecule has 2 rings (SSSR count). The van der Waals surface area contributed by atoms with Gasteiger partial charge in [-0.2, -0.15) is 0 Å². The number of hydrogen-bond acceptors (Lipinski definition) is 4. The van der Waals surface area contributed by atoms with E-state index in [1.54, 1.807) is 4.90 Å². The van der Waals surface area contributed by atoms with E-state index < -0.39 is 15.6 Å². The fraction of sp³-hybridized carbons (Fsp3) is 0.909. The van der Waals surface area contributed by atoms with E-state index in [-0.39, 0.29) is 11.9 Å². The molecule has 6 nitrogen and oxygen atoms in total. The molecule has 1 amide bonds. The maximum atomic E-state index is 12.2. The maximum absolute atomic E-state index is 12.2. The van der Waals surface area contributed by atoms with Gasteiger partial charge in [0.2, 0.25) is 15.9 Å². The van der Waals surface area contributed by atoms with Gasteiger partial charge in [-0.15, -0.1) is 0 Å². The van der Waals surface area contributed by atoms with Gasteiger partial charge in [0.25, 0.3) is 0 Å². The van der Waals surface area contributed by atoms with E-state index in [0.29, 0.717) is 13.1 Å². The molecule has 0 aromatic carbocycles. The molecule has 0 aromatic heterocycles. The molecule has 2 aliphatic rings. The van der Waals surface area contributed by atoms with Gasteiger partial charge in [-0.05, 0) is 32.1 Å². The molecule has 0 aromatic rings. The molecule has 1 atom stereocenters. The average molecular weight is 275 g/mol. The highest BCUT2D eigenvalue weighted by molar-refractivity contribution is 7.88. The van der Waals surface area contributed by atoms with Crippen LogP contribution in [0.25, 0.3) is 0 Å². The highest BCUT2D eigenvalue weighted by Crippen LogP contribution is 2.35. The molecule has 104 valence electrons. The Morgan fingerprint density at radius 3 is 2.67 bits per heavy atom. The Labute approximate surface area is 108 Å². The first-order chi connectivity index (χ1) is 8.32. The Bertz CT molecular complexity index is 431. The van der Waals surface area contributed by atoms with Gasteiger partial charge in [0.1, 0.15) is 0 Å². The number of rotatable bonds is 4. The van der Waals surface area contributed by atoms with Gasteiger partial charge < -0.3 is 10.6 Å². The van der Waals surface area contributed by atoms with Crippen molar-refractivity contribution < 1.29 is 13.2 Å². The molecule has 1 saturated carbocycles. The maximum Gasteiger partial charge on any atom is 0.242 e. The number of hydrogen-bond donors (Lipinski definition) is 2. The van der Waals surface area contributed by atoms with Gasteiger partial charge in [0.05, 0.1) is 11.8 Å². The Morgan fingerprint density at radius 1 is 1.44 bits per heavy atom. The van der Waals surface area contributed by atoms with Gasteiger partial charge in [-0.25, -0.2) is 13.1 Å². The number of amides is 1. The van der Waals surface area contributed by atoms with Crippen molar-refractivity contribution in [2.75, 3.05) is 19.3 Å². The summed E-state index contributed by atoms with van der Waals surface area (Å²) in [5.41, 5.74) is 5.27. The second kappa shape index (κ2) is 4.79. The van der Waals surface area contributed by atoms with Gasteiger partial charge >= 0.3 is 0 Å². The summed E-state index contributed by atoms with van der Waals surface area (Å²) in [4.78, 5) is 14.0. The number of carbonyl (C=O) groups is 1. The van der Waals surface area contributed by atoms with Crippen LogP contribution >= 0.6 is 0 Å². The third-order valence-electron chi connectivity index (χ3n) is 3.68. The minimum absolute atomic E-state index is 0.0116. The van der Waals surface area contributed by atoms with Crippen molar-refractivity contribution >= 4 is 15.9 Å². The van der Waals surface area contributed by atoms with Crippen LogP contribution in [0.3, 0.4) is 0 Å². The van der Waals surface area contributed by atoms with E-state index >= 15 is 0 Å². The normalized spacial score (nSPS) is 27.0. The second-order valence-electron chi connectivity index (χ2n) is 5.42. The summed E-state index contributed by atoms with van der Waals surface area (Å²) in [5.74, 6) is -0.0116. The van der Waals surface area contributed by atoms with Crippen molar-refractivity contribution in [2.24, 2.45) is 5.73 Å². The Kier molecular flexibility index (Phi) is 3.66. The SMILES string of the molecule is CS(=O)(=O)NCC1CCCCN1C(=O)C1(N)CC1. The molecule has 18 heavy (non-hydrogen) atoms. The monoisotopic (exact) mass is 275 g/mol. The quantitative estimate of drug-likeness (QED) is 0.717. The van der Waals surface area contributed by atoms with Crippen LogP contribution < -0.4 is 10.5 Å². The summed E-state index contributed by atoms with van der Waals surface area (Å²) in [7, 11) is -3.21. The Balaban J connectivity index is 1.99. The van der Waals surface area contributed by atoms with Gasteiger partial charge in [0.15, 0.2) is 0 Å². The summed E-state index contributed by atoms with van der Waals surface area (Å²) in [6, 6.07) is -0.0537. The molecular formula is C11H21N3O3S. The molecule has 3 N–H and O–H groups in total. The number of nitrogens with one attached hydrogen (secondary N) is 1. The lowest BCUT2D eigenvalue weighted by Gasteiger charge is -2.37. The minimum atomic E-state index is -3.21. The fourth-order valence-corrected chi connectivity index (χ4v) is 2.86. The summed E-state index contributed by atoms with van der Waals surface area (Å²) in [5, 5.41) is 0. The molecule has 1 aliphatic heterocycles. The Hall–Kier alpha value is -0.660. The highest BCUT2D eigenvalue weighted by atomic mass is 32.2. The van der Waals surface area contributed by atoms with Crippen LogP contribution in [-0.4, -0.2) is 50.2 Å². The molecule has 1 heterocycles. The third kappa shape index (κ3) is 3.21. The largest absolute Gasteiger partial charge is 0.337 e. The molecule has 1 aliphatic carbocycles.